The fourth-order valence-electron chi connectivity index (χ4n) is 2.90. The van der Waals surface area contributed by atoms with Gasteiger partial charge in [-0.05, 0) is 107 Å². The van der Waals surface area contributed by atoms with Gasteiger partial charge in [0.25, 0.3) is 0 Å². The number of benzene rings is 1. The fourth-order valence-corrected chi connectivity index (χ4v) is 3.16. The first kappa shape index (κ1) is 26.0. The molecule has 0 aliphatic rings. The lowest BCUT2D eigenvalue weighted by atomic mass is 10.0. The number of aryl methyl sites for hydroxylation is 2. The van der Waals surface area contributed by atoms with Crippen LogP contribution in [0, 0.1) is 0 Å². The van der Waals surface area contributed by atoms with Crippen LogP contribution in [0.2, 0.25) is 0 Å². The summed E-state index contributed by atoms with van der Waals surface area (Å²) in [7, 11) is 0. The second-order valence-electron chi connectivity index (χ2n) is 7.16. The maximum Gasteiger partial charge on any atom is 0.125 e. The molecule has 0 amide bonds. The summed E-state index contributed by atoms with van der Waals surface area (Å²) in [5.74, 6) is 1.96. The van der Waals surface area contributed by atoms with E-state index in [2.05, 4.69) is 63.0 Å². The highest BCUT2D eigenvalue weighted by atomic mass is 79.9. The highest BCUT2D eigenvalue weighted by Gasteiger charge is 2.13. The molecule has 6 heteroatoms. The fraction of sp³-hybridized carbons (Fsp3) is 0.609. The van der Waals surface area contributed by atoms with Gasteiger partial charge in [0.1, 0.15) is 24.7 Å². The van der Waals surface area contributed by atoms with Gasteiger partial charge in [0.2, 0.25) is 0 Å². The van der Waals surface area contributed by atoms with Gasteiger partial charge >= 0.3 is 0 Å². The molecule has 0 radical (unpaired) electrons. The van der Waals surface area contributed by atoms with Crippen LogP contribution in [-0.4, -0.2) is 25.5 Å². The van der Waals surface area contributed by atoms with Crippen molar-refractivity contribution in [2.24, 2.45) is 5.16 Å². The maximum absolute atomic E-state index is 6.27. The molecule has 0 saturated carbocycles. The van der Waals surface area contributed by atoms with Gasteiger partial charge in [-0.15, -0.1) is 0 Å². The molecule has 4 nitrogen and oxygen atoms in total. The van der Waals surface area contributed by atoms with Crippen molar-refractivity contribution < 1.29 is 14.3 Å². The van der Waals surface area contributed by atoms with Crippen molar-refractivity contribution in [3.63, 3.8) is 0 Å². The van der Waals surface area contributed by atoms with E-state index in [1.54, 1.807) is 0 Å². The van der Waals surface area contributed by atoms with E-state index >= 15 is 0 Å². The van der Waals surface area contributed by atoms with E-state index in [9.17, 15) is 0 Å². The van der Waals surface area contributed by atoms with E-state index in [1.165, 1.54) is 11.1 Å². The summed E-state index contributed by atoms with van der Waals surface area (Å²) < 4.78 is 13.1. The van der Waals surface area contributed by atoms with Crippen molar-refractivity contribution in [1.82, 2.24) is 0 Å². The molecule has 1 aromatic carbocycles. The summed E-state index contributed by atoms with van der Waals surface area (Å²) in [5, 5.41) is 3.96. The van der Waals surface area contributed by atoms with E-state index < -0.39 is 0 Å². The quantitative estimate of drug-likeness (QED) is 0.133. The molecule has 0 atom stereocenters. The van der Waals surface area contributed by atoms with Crippen LogP contribution in [0.4, 0.5) is 0 Å². The van der Waals surface area contributed by atoms with Crippen LogP contribution in [0.5, 0.6) is 11.5 Å². The normalized spacial score (nSPS) is 10.4. The summed E-state index contributed by atoms with van der Waals surface area (Å²) in [5.41, 5.74) is 3.43. The van der Waals surface area contributed by atoms with E-state index in [0.717, 1.165) is 72.2 Å². The largest absolute Gasteiger partial charge is 0.493 e. The third-order valence-electron chi connectivity index (χ3n) is 4.12. The minimum absolute atomic E-state index is 0.521. The van der Waals surface area contributed by atoms with Crippen LogP contribution in [-0.2, 0) is 17.7 Å². The average molecular weight is 533 g/mol. The Bertz CT molecular complexity index is 625. The molecule has 164 valence electrons. The van der Waals surface area contributed by atoms with Crippen molar-refractivity contribution in [2.45, 2.75) is 72.6 Å². The zero-order valence-corrected chi connectivity index (χ0v) is 21.4. The molecule has 0 aliphatic heterocycles. The SMILES string of the molecule is CCCc1cc(OCC=C(Br)Br)cc(CCC)c1OCCCCCON=C(C)C. The van der Waals surface area contributed by atoms with Gasteiger partial charge in [0, 0.05) is 0 Å². The molecule has 1 rings (SSSR count). The first-order chi connectivity index (χ1) is 14.0. The van der Waals surface area contributed by atoms with E-state index in [4.69, 9.17) is 14.3 Å². The molecule has 0 unspecified atom stereocenters. The number of hydrogen-bond donors (Lipinski definition) is 0. The monoisotopic (exact) mass is 531 g/mol. The molecular weight excluding hydrogens is 498 g/mol. The van der Waals surface area contributed by atoms with Gasteiger partial charge in [-0.3, -0.25) is 0 Å². The van der Waals surface area contributed by atoms with E-state index in [0.29, 0.717) is 13.2 Å². The topological polar surface area (TPSA) is 40.0 Å². The number of hydrogen-bond acceptors (Lipinski definition) is 4. The van der Waals surface area contributed by atoms with Gasteiger partial charge in [-0.1, -0.05) is 31.8 Å². The first-order valence-electron chi connectivity index (χ1n) is 10.5. The standard InChI is InChI=1S/C23H35Br2NO3/c1-5-10-19-16-21(27-15-12-22(24)25)17-20(11-6-2)23(19)28-13-8-7-9-14-29-26-18(3)4/h12,16-17H,5-11,13-15H2,1-4H3. The van der Waals surface area contributed by atoms with Crippen LogP contribution in [0.3, 0.4) is 0 Å². The van der Waals surface area contributed by atoms with Gasteiger partial charge in [-0.2, -0.15) is 0 Å². The number of unbranched alkanes of at least 4 members (excludes halogenated alkanes) is 2. The van der Waals surface area contributed by atoms with E-state index in [-0.39, 0.29) is 0 Å². The summed E-state index contributed by atoms with van der Waals surface area (Å²) in [6.45, 7) is 10.2. The molecule has 0 heterocycles. The number of nitrogens with zero attached hydrogens (tertiary/aromatic N) is 1. The van der Waals surface area contributed by atoms with Gasteiger partial charge in [-0.25, -0.2) is 0 Å². The zero-order chi connectivity index (χ0) is 21.5. The second kappa shape index (κ2) is 15.8. The lowest BCUT2D eigenvalue weighted by Gasteiger charge is -2.18. The second-order valence-corrected chi connectivity index (χ2v) is 9.93. The summed E-state index contributed by atoms with van der Waals surface area (Å²) >= 11 is 6.73. The van der Waals surface area contributed by atoms with Crippen LogP contribution in [0.25, 0.3) is 0 Å². The molecule has 0 saturated heterocycles. The molecule has 29 heavy (non-hydrogen) atoms. The molecule has 0 fully saturated rings. The molecule has 0 aliphatic carbocycles. The summed E-state index contributed by atoms with van der Waals surface area (Å²) in [6.07, 6.45) is 9.15. The predicted octanol–water partition coefficient (Wildman–Crippen LogP) is 7.56. The third-order valence-corrected chi connectivity index (χ3v) is 4.76. The molecule has 0 aromatic heterocycles. The Morgan fingerprint density at radius 2 is 1.55 bits per heavy atom. The van der Waals surface area contributed by atoms with Gasteiger partial charge in [0.15, 0.2) is 0 Å². The third kappa shape index (κ3) is 11.7. The Labute approximate surface area is 193 Å². The predicted molar refractivity (Wildman–Crippen MR) is 130 cm³/mol. The van der Waals surface area contributed by atoms with Crippen LogP contribution < -0.4 is 9.47 Å². The Balaban J connectivity index is 2.70. The maximum atomic E-state index is 6.27. The molecule has 0 N–H and O–H groups in total. The van der Waals surface area contributed by atoms with E-state index in [1.807, 2.05) is 19.9 Å². The molecule has 0 bridgehead atoms. The minimum atomic E-state index is 0.521. The van der Waals surface area contributed by atoms with Crippen LogP contribution in [0.15, 0.2) is 26.8 Å². The summed E-state index contributed by atoms with van der Waals surface area (Å²) in [6, 6.07) is 4.26. The number of ether oxygens (including phenoxy) is 2. The van der Waals surface area contributed by atoms with Crippen LogP contribution in [0.1, 0.15) is 70.9 Å². The number of rotatable bonds is 15. The van der Waals surface area contributed by atoms with Gasteiger partial charge < -0.3 is 14.3 Å². The number of halogens is 2. The Morgan fingerprint density at radius 1 is 0.931 bits per heavy atom. The first-order valence-corrected chi connectivity index (χ1v) is 12.1. The lowest BCUT2D eigenvalue weighted by Crippen LogP contribution is -2.06. The van der Waals surface area contributed by atoms with Gasteiger partial charge in [0.05, 0.1) is 15.7 Å². The van der Waals surface area contributed by atoms with Crippen molar-refractivity contribution in [2.75, 3.05) is 19.8 Å². The molecule has 1 aromatic rings. The average Bonchev–Trinajstić information content (AvgIpc) is 2.65. The highest BCUT2D eigenvalue weighted by Crippen LogP contribution is 2.32. The van der Waals surface area contributed by atoms with Crippen LogP contribution >= 0.6 is 31.9 Å². The lowest BCUT2D eigenvalue weighted by molar-refractivity contribution is 0.138. The Kier molecular flexibility index (Phi) is 14.2. The minimum Gasteiger partial charge on any atom is -0.493 e. The molecule has 0 spiro atoms. The van der Waals surface area contributed by atoms with Crippen molar-refractivity contribution in [3.8, 4) is 11.5 Å². The highest BCUT2D eigenvalue weighted by molar-refractivity contribution is 9.28. The van der Waals surface area contributed by atoms with Crippen molar-refractivity contribution in [3.05, 3.63) is 32.7 Å². The summed E-state index contributed by atoms with van der Waals surface area (Å²) in [4.78, 5) is 5.25. The van der Waals surface area contributed by atoms with Crippen molar-refractivity contribution >= 4 is 37.6 Å². The molecular formula is C23H35Br2NO3. The zero-order valence-electron chi connectivity index (χ0n) is 18.2. The Hall–Kier alpha value is -1.01. The smallest absolute Gasteiger partial charge is 0.125 e. The number of oxime groups is 1. The Morgan fingerprint density at radius 3 is 2.10 bits per heavy atom. The van der Waals surface area contributed by atoms with Crippen molar-refractivity contribution in [1.29, 1.82) is 0 Å².